The van der Waals surface area contributed by atoms with E-state index in [9.17, 15) is 4.79 Å². The summed E-state index contributed by atoms with van der Waals surface area (Å²) in [5.74, 6) is 0.871. The van der Waals surface area contributed by atoms with Gasteiger partial charge in [0.05, 0.1) is 0 Å². The first kappa shape index (κ1) is 14.0. The molecule has 0 radical (unpaired) electrons. The Hall–Kier alpha value is -1.46. The Kier molecular flexibility index (Phi) is 3.87. The molecule has 0 spiro atoms. The van der Waals surface area contributed by atoms with E-state index in [0.29, 0.717) is 6.04 Å². The quantitative estimate of drug-likeness (QED) is 0.810. The van der Waals surface area contributed by atoms with Gasteiger partial charge >= 0.3 is 0 Å². The molecule has 6 nitrogen and oxygen atoms in total. The maximum Gasteiger partial charge on any atom is 0.244 e. The van der Waals surface area contributed by atoms with Crippen LogP contribution in [0.25, 0.3) is 0 Å². The number of hydrogen-bond acceptors (Lipinski definition) is 4. The van der Waals surface area contributed by atoms with Gasteiger partial charge in [0, 0.05) is 18.0 Å². The van der Waals surface area contributed by atoms with E-state index >= 15 is 0 Å². The summed E-state index contributed by atoms with van der Waals surface area (Å²) in [4.78, 5) is 14.3. The molecule has 1 unspecified atom stereocenters. The van der Waals surface area contributed by atoms with Crippen molar-refractivity contribution in [1.82, 2.24) is 25.1 Å². The van der Waals surface area contributed by atoms with Crippen molar-refractivity contribution in [2.24, 2.45) is 0 Å². The molecule has 1 aromatic rings. The van der Waals surface area contributed by atoms with Crippen LogP contribution in [0, 0.1) is 0 Å². The van der Waals surface area contributed by atoms with Gasteiger partial charge in [-0.2, -0.15) is 0 Å². The van der Waals surface area contributed by atoms with Crippen molar-refractivity contribution >= 4 is 5.91 Å². The van der Waals surface area contributed by atoms with Crippen LogP contribution in [0.5, 0.6) is 0 Å². The minimum atomic E-state index is -0.155. The third kappa shape index (κ3) is 3.11. The highest BCUT2D eigenvalue weighted by molar-refractivity contribution is 5.76. The van der Waals surface area contributed by atoms with E-state index < -0.39 is 0 Å². The van der Waals surface area contributed by atoms with Crippen LogP contribution in [0.2, 0.25) is 0 Å². The summed E-state index contributed by atoms with van der Waals surface area (Å²) in [5, 5.41) is 11.7. The van der Waals surface area contributed by atoms with Gasteiger partial charge in [-0.05, 0) is 36.6 Å². The van der Waals surface area contributed by atoms with Crippen LogP contribution in [0.15, 0.2) is 0 Å². The summed E-state index contributed by atoms with van der Waals surface area (Å²) in [5.41, 5.74) is -0.155. The summed E-state index contributed by atoms with van der Waals surface area (Å²) < 4.78 is 1.63. The van der Waals surface area contributed by atoms with E-state index in [1.807, 2.05) is 25.7 Å². The Bertz CT molecular complexity index is 448. The van der Waals surface area contributed by atoms with E-state index in [1.165, 1.54) is 6.42 Å². The molecule has 1 aliphatic rings. The molecule has 19 heavy (non-hydrogen) atoms. The maximum absolute atomic E-state index is 12.4. The smallest absolute Gasteiger partial charge is 0.244 e. The van der Waals surface area contributed by atoms with E-state index in [-0.39, 0.29) is 17.9 Å². The normalized spacial score (nSPS) is 20.6. The fourth-order valence-corrected chi connectivity index (χ4v) is 2.54. The molecule has 106 valence electrons. The molecular weight excluding hydrogens is 242 g/mol. The molecule has 0 N–H and O–H groups in total. The van der Waals surface area contributed by atoms with Gasteiger partial charge < -0.3 is 4.90 Å². The summed E-state index contributed by atoms with van der Waals surface area (Å²) in [7, 11) is 0. The first-order valence-electron chi connectivity index (χ1n) is 6.95. The van der Waals surface area contributed by atoms with Crippen molar-refractivity contribution in [2.45, 2.75) is 65.0 Å². The van der Waals surface area contributed by atoms with Crippen LogP contribution >= 0.6 is 0 Å². The number of aromatic nitrogens is 4. The predicted molar refractivity (Wildman–Crippen MR) is 71.5 cm³/mol. The number of amides is 1. The van der Waals surface area contributed by atoms with E-state index in [2.05, 4.69) is 22.4 Å². The molecule has 1 atom stereocenters. The van der Waals surface area contributed by atoms with Crippen LogP contribution in [-0.2, 0) is 16.8 Å². The van der Waals surface area contributed by atoms with Crippen LogP contribution in [-0.4, -0.2) is 43.6 Å². The number of carbonyl (C=O) groups is 1. The average molecular weight is 265 g/mol. The zero-order chi connectivity index (χ0) is 14.0. The van der Waals surface area contributed by atoms with Gasteiger partial charge in [-0.25, -0.2) is 4.68 Å². The molecule has 0 aliphatic carbocycles. The molecular formula is C13H23N5O. The molecule has 6 heteroatoms. The number of nitrogens with zero attached hydrogens (tertiary/aromatic N) is 5. The van der Waals surface area contributed by atoms with E-state index in [1.54, 1.807) is 4.68 Å². The molecule has 1 saturated heterocycles. The van der Waals surface area contributed by atoms with Crippen molar-refractivity contribution in [3.8, 4) is 0 Å². The van der Waals surface area contributed by atoms with Crippen molar-refractivity contribution in [1.29, 1.82) is 0 Å². The fraction of sp³-hybridized carbons (Fsp3) is 0.846. The fourth-order valence-electron chi connectivity index (χ4n) is 2.54. The van der Waals surface area contributed by atoms with E-state index in [4.69, 9.17) is 0 Å². The second-order valence-corrected chi connectivity index (χ2v) is 6.34. The molecule has 1 aromatic heterocycles. The van der Waals surface area contributed by atoms with E-state index in [0.717, 1.165) is 25.2 Å². The first-order valence-corrected chi connectivity index (χ1v) is 6.95. The number of carbonyl (C=O) groups excluding carboxylic acids is 1. The van der Waals surface area contributed by atoms with Crippen LogP contribution in [0.1, 0.15) is 52.8 Å². The zero-order valence-electron chi connectivity index (χ0n) is 12.3. The topological polar surface area (TPSA) is 63.9 Å². The predicted octanol–water partition coefficient (Wildman–Crippen LogP) is 1.37. The Labute approximate surface area is 114 Å². The number of rotatable bonds is 2. The second-order valence-electron chi connectivity index (χ2n) is 6.34. The van der Waals surface area contributed by atoms with Gasteiger partial charge in [-0.15, -0.1) is 5.10 Å². The molecule has 0 aromatic carbocycles. The standard InChI is InChI=1S/C13H23N5O/c1-10-7-5-6-8-17(10)11(19)9-18-12(13(2,3)4)14-15-16-18/h10H,5-9H2,1-4H3. The average Bonchev–Trinajstić information content (AvgIpc) is 2.77. The second kappa shape index (κ2) is 5.27. The lowest BCUT2D eigenvalue weighted by molar-refractivity contribution is -0.135. The number of hydrogen-bond donors (Lipinski definition) is 0. The molecule has 0 bridgehead atoms. The lowest BCUT2D eigenvalue weighted by Gasteiger charge is -2.33. The first-order chi connectivity index (χ1) is 8.89. The Morgan fingerprint density at radius 3 is 2.74 bits per heavy atom. The van der Waals surface area contributed by atoms with Crippen molar-refractivity contribution in [2.75, 3.05) is 6.54 Å². The van der Waals surface area contributed by atoms with Gasteiger partial charge in [-0.1, -0.05) is 20.8 Å². The molecule has 1 aliphatic heterocycles. The molecule has 2 heterocycles. The Morgan fingerprint density at radius 2 is 2.11 bits per heavy atom. The highest BCUT2D eigenvalue weighted by Crippen LogP contribution is 2.20. The van der Waals surface area contributed by atoms with Crippen LogP contribution < -0.4 is 0 Å². The number of tetrazole rings is 1. The van der Waals surface area contributed by atoms with Gasteiger partial charge in [0.15, 0.2) is 5.82 Å². The highest BCUT2D eigenvalue weighted by atomic mass is 16.2. The maximum atomic E-state index is 12.4. The van der Waals surface area contributed by atoms with Crippen LogP contribution in [0.3, 0.4) is 0 Å². The molecule has 1 amide bonds. The van der Waals surface area contributed by atoms with Crippen molar-refractivity contribution in [3.63, 3.8) is 0 Å². The number of likely N-dealkylation sites (tertiary alicyclic amines) is 1. The third-order valence-electron chi connectivity index (χ3n) is 3.61. The van der Waals surface area contributed by atoms with Gasteiger partial charge in [0.1, 0.15) is 6.54 Å². The Balaban J connectivity index is 2.09. The molecule has 0 saturated carbocycles. The summed E-state index contributed by atoms with van der Waals surface area (Å²) in [6.45, 7) is 9.34. The van der Waals surface area contributed by atoms with Gasteiger partial charge in [0.2, 0.25) is 5.91 Å². The van der Waals surface area contributed by atoms with Gasteiger partial charge in [0.25, 0.3) is 0 Å². The van der Waals surface area contributed by atoms with Crippen molar-refractivity contribution < 1.29 is 4.79 Å². The van der Waals surface area contributed by atoms with Gasteiger partial charge in [-0.3, -0.25) is 4.79 Å². The SMILES string of the molecule is CC1CCCCN1C(=O)Cn1nnnc1C(C)(C)C. The highest BCUT2D eigenvalue weighted by Gasteiger charge is 2.27. The molecule has 2 rings (SSSR count). The largest absolute Gasteiger partial charge is 0.338 e. The third-order valence-corrected chi connectivity index (χ3v) is 3.61. The monoisotopic (exact) mass is 265 g/mol. The summed E-state index contributed by atoms with van der Waals surface area (Å²) in [6.07, 6.45) is 3.40. The zero-order valence-corrected chi connectivity index (χ0v) is 12.3. The Morgan fingerprint density at radius 1 is 1.37 bits per heavy atom. The molecule has 1 fully saturated rings. The van der Waals surface area contributed by atoms with Crippen LogP contribution in [0.4, 0.5) is 0 Å². The van der Waals surface area contributed by atoms with Crippen molar-refractivity contribution in [3.05, 3.63) is 5.82 Å². The number of piperidine rings is 1. The minimum Gasteiger partial charge on any atom is -0.338 e. The minimum absolute atomic E-state index is 0.116. The lowest BCUT2D eigenvalue weighted by atomic mass is 9.96. The summed E-state index contributed by atoms with van der Waals surface area (Å²) in [6, 6.07) is 0.329. The lowest BCUT2D eigenvalue weighted by Crippen LogP contribution is -2.44. The summed E-state index contributed by atoms with van der Waals surface area (Å²) >= 11 is 0.